The molecule has 3 rings (SSSR count). The van der Waals surface area contributed by atoms with Gasteiger partial charge in [0.15, 0.2) is 0 Å². The molecular weight excluding hydrogens is 333 g/mol. The lowest BCUT2D eigenvalue weighted by molar-refractivity contribution is 0.0487. The number of ether oxygens (including phenoxy) is 2. The van der Waals surface area contributed by atoms with E-state index in [0.717, 1.165) is 18.6 Å². The largest absolute Gasteiger partial charge is 0.494 e. The minimum Gasteiger partial charge on any atom is -0.494 e. The van der Waals surface area contributed by atoms with Crippen molar-refractivity contribution in [3.05, 3.63) is 65.5 Å². The third-order valence-electron chi connectivity index (χ3n) is 4.92. The Hall–Kier alpha value is -2.40. The summed E-state index contributed by atoms with van der Waals surface area (Å²) in [5.74, 6) is 0.299. The Bertz CT molecular complexity index is 722. The Balaban J connectivity index is 1.74. The van der Waals surface area contributed by atoms with Crippen molar-refractivity contribution in [2.45, 2.75) is 25.2 Å². The molecule has 0 spiro atoms. The van der Waals surface area contributed by atoms with Gasteiger partial charge in [0.2, 0.25) is 0 Å². The summed E-state index contributed by atoms with van der Waals surface area (Å²) >= 11 is 0. The highest BCUT2D eigenvalue weighted by molar-refractivity contribution is 5.94. The number of rotatable bonds is 6. The van der Waals surface area contributed by atoms with E-state index in [2.05, 4.69) is 17.4 Å². The van der Waals surface area contributed by atoms with Gasteiger partial charge in [-0.25, -0.2) is 4.39 Å². The maximum Gasteiger partial charge on any atom is 0.251 e. The van der Waals surface area contributed by atoms with Crippen LogP contribution in [0.2, 0.25) is 0 Å². The topological polar surface area (TPSA) is 47.6 Å². The third-order valence-corrected chi connectivity index (χ3v) is 4.92. The molecule has 0 radical (unpaired) electrons. The summed E-state index contributed by atoms with van der Waals surface area (Å²) in [7, 11) is 0. The Morgan fingerprint density at radius 1 is 1.12 bits per heavy atom. The number of carbonyl (C=O) groups excluding carboxylic acids is 1. The van der Waals surface area contributed by atoms with E-state index in [1.54, 1.807) is 0 Å². The molecule has 4 nitrogen and oxygen atoms in total. The zero-order valence-electron chi connectivity index (χ0n) is 15.0. The Kier molecular flexibility index (Phi) is 5.89. The predicted molar refractivity (Wildman–Crippen MR) is 98.1 cm³/mol. The van der Waals surface area contributed by atoms with E-state index in [-0.39, 0.29) is 17.1 Å². The SMILES string of the molecule is CCOc1ccc(C2(CNC(=O)c3ccc(F)cc3)CCOCC2)cc1. The number of hydrogen-bond donors (Lipinski definition) is 1. The zero-order chi connectivity index (χ0) is 18.4. The molecule has 138 valence electrons. The first-order valence-electron chi connectivity index (χ1n) is 8.98. The van der Waals surface area contributed by atoms with Crippen molar-refractivity contribution in [1.29, 1.82) is 0 Å². The highest BCUT2D eigenvalue weighted by atomic mass is 19.1. The molecule has 1 amide bonds. The molecule has 0 unspecified atom stereocenters. The second-order valence-corrected chi connectivity index (χ2v) is 6.54. The van der Waals surface area contributed by atoms with Crippen molar-refractivity contribution in [3.63, 3.8) is 0 Å². The van der Waals surface area contributed by atoms with Crippen molar-refractivity contribution in [3.8, 4) is 5.75 Å². The predicted octanol–water partition coefficient (Wildman–Crippen LogP) is 3.70. The number of halogens is 1. The number of hydrogen-bond acceptors (Lipinski definition) is 3. The van der Waals surface area contributed by atoms with Crippen LogP contribution in [0.25, 0.3) is 0 Å². The summed E-state index contributed by atoms with van der Waals surface area (Å²) in [4.78, 5) is 12.4. The average molecular weight is 357 g/mol. The molecular formula is C21H24FNO3. The van der Waals surface area contributed by atoms with E-state index in [1.165, 1.54) is 29.8 Å². The van der Waals surface area contributed by atoms with Crippen LogP contribution < -0.4 is 10.1 Å². The molecule has 2 aromatic carbocycles. The Labute approximate surface area is 153 Å². The number of benzene rings is 2. The zero-order valence-corrected chi connectivity index (χ0v) is 15.0. The molecule has 1 saturated heterocycles. The van der Waals surface area contributed by atoms with Crippen molar-refractivity contribution >= 4 is 5.91 Å². The van der Waals surface area contributed by atoms with Crippen LogP contribution >= 0.6 is 0 Å². The molecule has 1 fully saturated rings. The second kappa shape index (κ2) is 8.32. The Morgan fingerprint density at radius 2 is 1.77 bits per heavy atom. The first-order chi connectivity index (χ1) is 12.6. The normalized spacial score (nSPS) is 16.1. The van der Waals surface area contributed by atoms with E-state index < -0.39 is 0 Å². The van der Waals surface area contributed by atoms with Crippen LogP contribution in [0, 0.1) is 5.82 Å². The molecule has 1 heterocycles. The fourth-order valence-electron chi connectivity index (χ4n) is 3.35. The number of carbonyl (C=O) groups is 1. The van der Waals surface area contributed by atoms with Crippen LogP contribution in [0.3, 0.4) is 0 Å². The van der Waals surface area contributed by atoms with Gasteiger partial charge >= 0.3 is 0 Å². The smallest absolute Gasteiger partial charge is 0.251 e. The lowest BCUT2D eigenvalue weighted by Gasteiger charge is -2.38. The van der Waals surface area contributed by atoms with Gasteiger partial charge in [-0.15, -0.1) is 0 Å². The first-order valence-corrected chi connectivity index (χ1v) is 8.98. The van der Waals surface area contributed by atoms with E-state index in [1.807, 2.05) is 19.1 Å². The van der Waals surface area contributed by atoms with Gasteiger partial charge in [0.25, 0.3) is 5.91 Å². The summed E-state index contributed by atoms with van der Waals surface area (Å²) < 4.78 is 24.1. The molecule has 1 aliphatic rings. The summed E-state index contributed by atoms with van der Waals surface area (Å²) in [6.07, 6.45) is 1.68. The van der Waals surface area contributed by atoms with E-state index in [0.29, 0.717) is 31.9 Å². The molecule has 0 aromatic heterocycles. The highest BCUT2D eigenvalue weighted by Crippen LogP contribution is 2.35. The Morgan fingerprint density at radius 3 is 2.38 bits per heavy atom. The summed E-state index contributed by atoms with van der Waals surface area (Å²) in [5.41, 5.74) is 1.46. The summed E-state index contributed by atoms with van der Waals surface area (Å²) in [6, 6.07) is 13.7. The monoisotopic (exact) mass is 357 g/mol. The van der Waals surface area contributed by atoms with Gasteiger partial charge in [-0.2, -0.15) is 0 Å². The van der Waals surface area contributed by atoms with Crippen molar-refractivity contribution in [2.24, 2.45) is 0 Å². The molecule has 5 heteroatoms. The van der Waals surface area contributed by atoms with Gasteiger partial charge in [-0.3, -0.25) is 4.79 Å². The fourth-order valence-corrected chi connectivity index (χ4v) is 3.35. The van der Waals surface area contributed by atoms with Gasteiger partial charge in [0.05, 0.1) is 6.61 Å². The average Bonchev–Trinajstić information content (AvgIpc) is 2.68. The van der Waals surface area contributed by atoms with Gasteiger partial charge < -0.3 is 14.8 Å². The van der Waals surface area contributed by atoms with Gasteiger partial charge in [-0.05, 0) is 61.7 Å². The van der Waals surface area contributed by atoms with Crippen LogP contribution in [-0.4, -0.2) is 32.3 Å². The third kappa shape index (κ3) is 4.22. The summed E-state index contributed by atoms with van der Waals surface area (Å²) in [5, 5.41) is 3.02. The van der Waals surface area contributed by atoms with Gasteiger partial charge in [0, 0.05) is 30.7 Å². The minimum absolute atomic E-state index is 0.168. The lowest BCUT2D eigenvalue weighted by Crippen LogP contribution is -2.44. The molecule has 0 saturated carbocycles. The second-order valence-electron chi connectivity index (χ2n) is 6.54. The lowest BCUT2D eigenvalue weighted by atomic mass is 9.74. The highest BCUT2D eigenvalue weighted by Gasteiger charge is 2.35. The van der Waals surface area contributed by atoms with Crippen LogP contribution in [0.4, 0.5) is 4.39 Å². The van der Waals surface area contributed by atoms with E-state index in [9.17, 15) is 9.18 Å². The van der Waals surface area contributed by atoms with Gasteiger partial charge in [0.1, 0.15) is 11.6 Å². The maximum atomic E-state index is 13.0. The molecule has 0 aliphatic carbocycles. The van der Waals surface area contributed by atoms with E-state index >= 15 is 0 Å². The maximum absolute atomic E-state index is 13.0. The summed E-state index contributed by atoms with van der Waals surface area (Å²) in [6.45, 7) is 4.44. The molecule has 1 aliphatic heterocycles. The number of nitrogens with one attached hydrogen (secondary N) is 1. The standard InChI is InChI=1S/C21H24FNO3/c1-2-26-19-9-5-17(6-10-19)21(11-13-25-14-12-21)15-23-20(24)16-3-7-18(22)8-4-16/h3-10H,2,11-15H2,1H3,(H,23,24). The molecule has 26 heavy (non-hydrogen) atoms. The van der Waals surface area contributed by atoms with E-state index in [4.69, 9.17) is 9.47 Å². The fraction of sp³-hybridized carbons (Fsp3) is 0.381. The van der Waals surface area contributed by atoms with Crippen molar-refractivity contribution in [1.82, 2.24) is 5.32 Å². The van der Waals surface area contributed by atoms with Crippen LogP contribution in [0.15, 0.2) is 48.5 Å². The molecule has 1 N–H and O–H groups in total. The number of amides is 1. The van der Waals surface area contributed by atoms with Gasteiger partial charge in [-0.1, -0.05) is 12.1 Å². The van der Waals surface area contributed by atoms with Crippen LogP contribution in [-0.2, 0) is 10.2 Å². The van der Waals surface area contributed by atoms with Crippen molar-refractivity contribution < 1.29 is 18.7 Å². The minimum atomic E-state index is -0.350. The molecule has 0 atom stereocenters. The van der Waals surface area contributed by atoms with Crippen LogP contribution in [0.5, 0.6) is 5.75 Å². The van der Waals surface area contributed by atoms with Crippen LogP contribution in [0.1, 0.15) is 35.7 Å². The first kappa shape index (κ1) is 18.4. The quantitative estimate of drug-likeness (QED) is 0.857. The molecule has 0 bridgehead atoms. The van der Waals surface area contributed by atoms with Crippen molar-refractivity contribution in [2.75, 3.05) is 26.4 Å². The molecule has 2 aromatic rings.